The molecule has 0 atom stereocenters. The van der Waals surface area contributed by atoms with Gasteiger partial charge in [-0.2, -0.15) is 0 Å². The second kappa shape index (κ2) is 4.52. The van der Waals surface area contributed by atoms with Crippen molar-refractivity contribution >= 4 is 11.7 Å². The van der Waals surface area contributed by atoms with Crippen LogP contribution in [0.25, 0.3) is 11.5 Å². The Morgan fingerprint density at radius 1 is 1.42 bits per heavy atom. The SMILES string of the molecule is Cc1cc(-c2nc(C)c(C(=O)O)o2)ccc1[N+](=O)[O-]. The van der Waals surface area contributed by atoms with Crippen LogP contribution in [0.4, 0.5) is 5.69 Å². The van der Waals surface area contributed by atoms with Crippen molar-refractivity contribution in [2.75, 3.05) is 0 Å². The Balaban J connectivity index is 2.48. The molecule has 0 fully saturated rings. The standard InChI is InChI=1S/C12H10N2O5/c1-6-5-8(3-4-9(6)14(17)18)11-13-7(2)10(19-11)12(15)16/h3-5H,1-2H3,(H,15,16). The van der Waals surface area contributed by atoms with Gasteiger partial charge in [0.1, 0.15) is 0 Å². The molecule has 2 aromatic rings. The summed E-state index contributed by atoms with van der Waals surface area (Å²) in [6, 6.07) is 4.35. The number of aromatic nitrogens is 1. The molecule has 2 rings (SSSR count). The van der Waals surface area contributed by atoms with E-state index in [-0.39, 0.29) is 23.0 Å². The second-order valence-corrected chi connectivity index (χ2v) is 4.00. The van der Waals surface area contributed by atoms with Crippen LogP contribution in [0.1, 0.15) is 21.8 Å². The third kappa shape index (κ3) is 2.30. The van der Waals surface area contributed by atoms with Crippen molar-refractivity contribution in [1.82, 2.24) is 4.98 Å². The first kappa shape index (κ1) is 12.7. The number of nitrogens with zero attached hydrogens (tertiary/aromatic N) is 2. The molecule has 1 aromatic heterocycles. The van der Waals surface area contributed by atoms with Gasteiger partial charge in [0.2, 0.25) is 11.7 Å². The molecule has 1 heterocycles. The summed E-state index contributed by atoms with van der Waals surface area (Å²) in [4.78, 5) is 25.1. The number of nitro groups is 1. The van der Waals surface area contributed by atoms with Crippen LogP contribution in [0.2, 0.25) is 0 Å². The zero-order valence-corrected chi connectivity index (χ0v) is 10.2. The number of rotatable bonds is 3. The van der Waals surface area contributed by atoms with E-state index < -0.39 is 10.9 Å². The maximum absolute atomic E-state index is 10.9. The minimum Gasteiger partial charge on any atom is -0.475 e. The Hall–Kier alpha value is -2.70. The fraction of sp³-hybridized carbons (Fsp3) is 0.167. The molecular formula is C12H10N2O5. The van der Waals surface area contributed by atoms with E-state index in [0.29, 0.717) is 11.1 Å². The topological polar surface area (TPSA) is 106 Å². The number of carbonyl (C=O) groups is 1. The van der Waals surface area contributed by atoms with Gasteiger partial charge < -0.3 is 9.52 Å². The first-order valence-electron chi connectivity index (χ1n) is 5.36. The summed E-state index contributed by atoms with van der Waals surface area (Å²) in [5, 5.41) is 19.6. The van der Waals surface area contributed by atoms with E-state index in [1.807, 2.05) is 0 Å². The highest BCUT2D eigenvalue weighted by Crippen LogP contribution is 2.27. The number of hydrogen-bond acceptors (Lipinski definition) is 5. The Morgan fingerprint density at radius 2 is 2.11 bits per heavy atom. The highest BCUT2D eigenvalue weighted by atomic mass is 16.6. The summed E-state index contributed by atoms with van der Waals surface area (Å²) in [5.41, 5.74) is 1.21. The van der Waals surface area contributed by atoms with Crippen LogP contribution in [-0.4, -0.2) is 21.0 Å². The fourth-order valence-corrected chi connectivity index (χ4v) is 1.71. The summed E-state index contributed by atoms with van der Waals surface area (Å²) >= 11 is 0. The van der Waals surface area contributed by atoms with E-state index in [0.717, 1.165) is 0 Å². The van der Waals surface area contributed by atoms with E-state index in [1.54, 1.807) is 6.92 Å². The van der Waals surface area contributed by atoms with Crippen molar-refractivity contribution in [2.45, 2.75) is 13.8 Å². The maximum atomic E-state index is 10.9. The van der Waals surface area contributed by atoms with Gasteiger partial charge in [-0.05, 0) is 26.0 Å². The molecular weight excluding hydrogens is 252 g/mol. The number of carboxylic acids is 1. The molecule has 0 amide bonds. The molecule has 0 spiro atoms. The third-order valence-corrected chi connectivity index (χ3v) is 2.63. The predicted octanol–water partition coefficient (Wildman–Crippen LogP) is 2.56. The van der Waals surface area contributed by atoms with E-state index in [1.165, 1.54) is 25.1 Å². The maximum Gasteiger partial charge on any atom is 0.373 e. The van der Waals surface area contributed by atoms with Gasteiger partial charge in [-0.25, -0.2) is 9.78 Å². The average molecular weight is 262 g/mol. The average Bonchev–Trinajstić information content (AvgIpc) is 2.70. The molecule has 7 heteroatoms. The number of aryl methyl sites for hydroxylation is 2. The van der Waals surface area contributed by atoms with Gasteiger partial charge in [-0.15, -0.1) is 0 Å². The molecule has 1 N–H and O–H groups in total. The molecule has 0 aliphatic rings. The van der Waals surface area contributed by atoms with Crippen molar-refractivity contribution in [3.8, 4) is 11.5 Å². The van der Waals surface area contributed by atoms with E-state index in [2.05, 4.69) is 4.98 Å². The molecule has 0 saturated heterocycles. The third-order valence-electron chi connectivity index (χ3n) is 2.63. The lowest BCUT2D eigenvalue weighted by atomic mass is 10.1. The van der Waals surface area contributed by atoms with Crippen molar-refractivity contribution in [2.24, 2.45) is 0 Å². The first-order valence-corrected chi connectivity index (χ1v) is 5.36. The summed E-state index contributed by atoms with van der Waals surface area (Å²) in [6.07, 6.45) is 0. The zero-order valence-electron chi connectivity index (χ0n) is 10.2. The van der Waals surface area contributed by atoms with Crippen LogP contribution in [0.5, 0.6) is 0 Å². The summed E-state index contributed by atoms with van der Waals surface area (Å²) in [7, 11) is 0. The van der Waals surface area contributed by atoms with Gasteiger partial charge in [-0.1, -0.05) is 0 Å². The lowest BCUT2D eigenvalue weighted by Gasteiger charge is -1.99. The lowest BCUT2D eigenvalue weighted by Crippen LogP contribution is -1.95. The van der Waals surface area contributed by atoms with Gasteiger partial charge in [0.25, 0.3) is 5.69 Å². The van der Waals surface area contributed by atoms with Crippen molar-refractivity contribution in [1.29, 1.82) is 0 Å². The number of oxazole rings is 1. The fourth-order valence-electron chi connectivity index (χ4n) is 1.71. The van der Waals surface area contributed by atoms with Gasteiger partial charge >= 0.3 is 5.97 Å². The number of benzene rings is 1. The number of carboxylic acid groups (broad SMARTS) is 1. The molecule has 0 aliphatic carbocycles. The lowest BCUT2D eigenvalue weighted by molar-refractivity contribution is -0.385. The van der Waals surface area contributed by atoms with Crippen LogP contribution >= 0.6 is 0 Å². The number of nitro benzene ring substituents is 1. The van der Waals surface area contributed by atoms with Crippen LogP contribution in [-0.2, 0) is 0 Å². The number of hydrogen-bond donors (Lipinski definition) is 1. The molecule has 19 heavy (non-hydrogen) atoms. The molecule has 0 radical (unpaired) electrons. The van der Waals surface area contributed by atoms with Crippen molar-refractivity contribution in [3.63, 3.8) is 0 Å². The first-order chi connectivity index (χ1) is 8.90. The molecule has 0 unspecified atom stereocenters. The molecule has 98 valence electrons. The number of aromatic carboxylic acids is 1. The van der Waals surface area contributed by atoms with Gasteiger partial charge in [0.15, 0.2) is 0 Å². The van der Waals surface area contributed by atoms with Gasteiger partial charge in [0.05, 0.1) is 10.6 Å². The minimum atomic E-state index is -1.20. The second-order valence-electron chi connectivity index (χ2n) is 4.00. The highest BCUT2D eigenvalue weighted by Gasteiger charge is 2.18. The summed E-state index contributed by atoms with van der Waals surface area (Å²) in [5.74, 6) is -1.30. The quantitative estimate of drug-likeness (QED) is 0.672. The Kier molecular flexibility index (Phi) is 3.04. The summed E-state index contributed by atoms with van der Waals surface area (Å²) < 4.78 is 5.14. The molecule has 7 nitrogen and oxygen atoms in total. The van der Waals surface area contributed by atoms with E-state index in [9.17, 15) is 14.9 Å². The largest absolute Gasteiger partial charge is 0.475 e. The van der Waals surface area contributed by atoms with E-state index in [4.69, 9.17) is 9.52 Å². The molecule has 1 aromatic carbocycles. The smallest absolute Gasteiger partial charge is 0.373 e. The van der Waals surface area contributed by atoms with E-state index >= 15 is 0 Å². The molecule has 0 aliphatic heterocycles. The monoisotopic (exact) mass is 262 g/mol. The van der Waals surface area contributed by atoms with Crippen LogP contribution < -0.4 is 0 Å². The van der Waals surface area contributed by atoms with Crippen LogP contribution in [0.3, 0.4) is 0 Å². The predicted molar refractivity (Wildman–Crippen MR) is 65.0 cm³/mol. The Morgan fingerprint density at radius 3 is 2.58 bits per heavy atom. The Labute approximate surface area is 107 Å². The van der Waals surface area contributed by atoms with Crippen LogP contribution in [0, 0.1) is 24.0 Å². The summed E-state index contributed by atoms with van der Waals surface area (Å²) in [6.45, 7) is 3.12. The van der Waals surface area contributed by atoms with Crippen molar-refractivity contribution < 1.29 is 19.2 Å². The molecule has 0 saturated carbocycles. The van der Waals surface area contributed by atoms with Gasteiger partial charge in [0, 0.05) is 17.2 Å². The minimum absolute atomic E-state index is 0.00881. The normalized spacial score (nSPS) is 10.4. The van der Waals surface area contributed by atoms with Crippen LogP contribution in [0.15, 0.2) is 22.6 Å². The zero-order chi connectivity index (χ0) is 14.2. The Bertz CT molecular complexity index is 675. The van der Waals surface area contributed by atoms with Crippen molar-refractivity contribution in [3.05, 3.63) is 45.3 Å². The molecule has 0 bridgehead atoms. The van der Waals surface area contributed by atoms with Gasteiger partial charge in [-0.3, -0.25) is 10.1 Å². The highest BCUT2D eigenvalue weighted by molar-refractivity contribution is 5.86.